The summed E-state index contributed by atoms with van der Waals surface area (Å²) in [7, 11) is 1.63. The SMILES string of the molecule is COc1ccc(-c2c3c(nc4sc(C(=O)N=[N+]=[N-])c(N)c24)CCC3)cc1. The normalized spacial score (nSPS) is 12.7. The molecule has 1 aliphatic carbocycles. The minimum absolute atomic E-state index is 0.240. The molecule has 0 fully saturated rings. The van der Waals surface area contributed by atoms with Crippen LogP contribution in [0.4, 0.5) is 5.69 Å². The Balaban J connectivity index is 2.03. The number of pyridine rings is 1. The number of methoxy groups -OCH3 is 1. The van der Waals surface area contributed by atoms with Crippen LogP contribution in [0.2, 0.25) is 0 Å². The standard InChI is InChI=1S/C18H15N5O2S/c1-25-10-7-5-9(6-8-10)13-11-3-2-4-12(11)21-18-14(13)15(19)16(26-18)17(24)22-23-20/h5-8H,2-4,19H2,1H3. The molecule has 0 aliphatic heterocycles. The third kappa shape index (κ3) is 2.47. The van der Waals surface area contributed by atoms with E-state index in [9.17, 15) is 4.79 Å². The number of thiophene rings is 1. The van der Waals surface area contributed by atoms with Crippen LogP contribution in [0.5, 0.6) is 5.75 Å². The number of aromatic nitrogens is 1. The predicted octanol–water partition coefficient (Wildman–Crippen LogP) is 4.49. The second kappa shape index (κ2) is 6.33. The zero-order chi connectivity index (χ0) is 18.3. The van der Waals surface area contributed by atoms with Crippen molar-refractivity contribution >= 4 is 33.1 Å². The molecule has 0 saturated heterocycles. The highest BCUT2D eigenvalue weighted by Crippen LogP contribution is 2.44. The van der Waals surface area contributed by atoms with Gasteiger partial charge in [-0.1, -0.05) is 12.1 Å². The Morgan fingerprint density at radius 2 is 2.12 bits per heavy atom. The number of anilines is 1. The molecule has 130 valence electrons. The fourth-order valence-corrected chi connectivity index (χ4v) is 4.47. The Bertz CT molecular complexity index is 1080. The number of carbonyl (C=O) groups excluding carboxylic acids is 1. The van der Waals surface area contributed by atoms with Gasteiger partial charge in [-0.05, 0) is 58.7 Å². The molecule has 0 bridgehead atoms. The van der Waals surface area contributed by atoms with Gasteiger partial charge in [-0.25, -0.2) is 4.98 Å². The average molecular weight is 365 g/mol. The van der Waals surface area contributed by atoms with Crippen LogP contribution in [0.25, 0.3) is 31.8 Å². The van der Waals surface area contributed by atoms with Crippen molar-refractivity contribution in [3.05, 3.63) is 50.8 Å². The third-order valence-electron chi connectivity index (χ3n) is 4.61. The molecule has 0 atom stereocenters. The third-order valence-corrected chi connectivity index (χ3v) is 5.70. The van der Waals surface area contributed by atoms with E-state index in [1.54, 1.807) is 7.11 Å². The monoisotopic (exact) mass is 365 g/mol. The molecule has 0 saturated carbocycles. The van der Waals surface area contributed by atoms with Crippen LogP contribution in [0.1, 0.15) is 27.3 Å². The van der Waals surface area contributed by atoms with Crippen molar-refractivity contribution in [3.8, 4) is 16.9 Å². The van der Waals surface area contributed by atoms with Gasteiger partial charge in [0.15, 0.2) is 0 Å². The van der Waals surface area contributed by atoms with Crippen LogP contribution in [-0.2, 0) is 12.8 Å². The lowest BCUT2D eigenvalue weighted by Gasteiger charge is -2.12. The number of ether oxygens (including phenoxy) is 1. The number of amides is 1. The Hall–Kier alpha value is -3.09. The first-order valence-electron chi connectivity index (χ1n) is 8.11. The molecule has 8 heteroatoms. The van der Waals surface area contributed by atoms with Gasteiger partial charge in [0, 0.05) is 16.0 Å². The Morgan fingerprint density at radius 3 is 2.81 bits per heavy atom. The number of hydrogen-bond acceptors (Lipinski definition) is 5. The van der Waals surface area contributed by atoms with E-state index in [1.165, 1.54) is 16.9 Å². The molecule has 2 N–H and O–H groups in total. The van der Waals surface area contributed by atoms with Crippen molar-refractivity contribution in [1.82, 2.24) is 4.98 Å². The van der Waals surface area contributed by atoms with E-state index < -0.39 is 5.91 Å². The first kappa shape index (κ1) is 16.4. The van der Waals surface area contributed by atoms with Crippen LogP contribution < -0.4 is 10.5 Å². The van der Waals surface area contributed by atoms with E-state index in [2.05, 4.69) is 10.0 Å². The second-order valence-corrected chi connectivity index (χ2v) is 7.01. The van der Waals surface area contributed by atoms with Gasteiger partial charge in [-0.3, -0.25) is 4.79 Å². The van der Waals surface area contributed by atoms with Crippen LogP contribution in [-0.4, -0.2) is 18.0 Å². The smallest absolute Gasteiger partial charge is 0.261 e. The van der Waals surface area contributed by atoms with Gasteiger partial charge in [0.05, 0.1) is 12.8 Å². The minimum Gasteiger partial charge on any atom is -0.497 e. The van der Waals surface area contributed by atoms with E-state index in [0.29, 0.717) is 10.5 Å². The van der Waals surface area contributed by atoms with Crippen molar-refractivity contribution in [3.63, 3.8) is 0 Å². The maximum absolute atomic E-state index is 12.1. The van der Waals surface area contributed by atoms with E-state index in [1.807, 2.05) is 24.3 Å². The summed E-state index contributed by atoms with van der Waals surface area (Å²) in [6.07, 6.45) is 2.88. The first-order chi connectivity index (χ1) is 12.6. The minimum atomic E-state index is -0.672. The molecule has 3 aromatic rings. The molecule has 1 aliphatic rings. The maximum atomic E-state index is 12.1. The van der Waals surface area contributed by atoms with E-state index in [4.69, 9.17) is 21.0 Å². The van der Waals surface area contributed by atoms with E-state index in [-0.39, 0.29) is 4.88 Å². The van der Waals surface area contributed by atoms with Gasteiger partial charge in [0.2, 0.25) is 0 Å². The summed E-state index contributed by atoms with van der Waals surface area (Å²) in [5, 5.41) is 3.94. The maximum Gasteiger partial charge on any atom is 0.261 e. The molecule has 2 aromatic heterocycles. The molecule has 1 amide bonds. The molecule has 26 heavy (non-hydrogen) atoms. The van der Waals surface area contributed by atoms with Crippen LogP contribution in [0.3, 0.4) is 0 Å². The molecule has 7 nitrogen and oxygen atoms in total. The summed E-state index contributed by atoms with van der Waals surface area (Å²) in [6.45, 7) is 0. The highest BCUT2D eigenvalue weighted by atomic mass is 32.1. The lowest BCUT2D eigenvalue weighted by molar-refractivity contribution is 0.100. The summed E-state index contributed by atoms with van der Waals surface area (Å²) in [4.78, 5) is 20.3. The number of azide groups is 1. The number of nitrogen functional groups attached to an aromatic ring is 1. The number of benzene rings is 1. The number of fused-ring (bicyclic) bond motifs is 2. The van der Waals surface area contributed by atoms with Crippen LogP contribution in [0.15, 0.2) is 29.4 Å². The summed E-state index contributed by atoms with van der Waals surface area (Å²) >= 11 is 1.18. The zero-order valence-corrected chi connectivity index (χ0v) is 14.8. The summed E-state index contributed by atoms with van der Waals surface area (Å²) in [5.41, 5.74) is 19.4. The van der Waals surface area contributed by atoms with Gasteiger partial charge < -0.3 is 10.5 Å². The van der Waals surface area contributed by atoms with Gasteiger partial charge in [-0.2, -0.15) is 0 Å². The highest BCUT2D eigenvalue weighted by molar-refractivity contribution is 7.21. The van der Waals surface area contributed by atoms with Gasteiger partial charge >= 0.3 is 0 Å². The molecule has 4 rings (SSSR count). The highest BCUT2D eigenvalue weighted by Gasteiger charge is 2.26. The molecule has 0 unspecified atom stereocenters. The van der Waals surface area contributed by atoms with E-state index in [0.717, 1.165) is 47.2 Å². The average Bonchev–Trinajstić information content (AvgIpc) is 3.25. The molecule has 2 heterocycles. The first-order valence-corrected chi connectivity index (χ1v) is 8.93. The zero-order valence-electron chi connectivity index (χ0n) is 14.0. The van der Waals surface area contributed by atoms with Gasteiger partial charge in [-0.15, -0.1) is 11.3 Å². The number of rotatable bonds is 3. The van der Waals surface area contributed by atoms with Crippen molar-refractivity contribution in [2.45, 2.75) is 19.3 Å². The van der Waals surface area contributed by atoms with Crippen LogP contribution >= 0.6 is 11.3 Å². The lowest BCUT2D eigenvalue weighted by Crippen LogP contribution is -1.98. The lowest BCUT2D eigenvalue weighted by atomic mass is 9.96. The Kier molecular flexibility index (Phi) is 3.99. The van der Waals surface area contributed by atoms with Crippen LogP contribution in [0, 0.1) is 0 Å². The number of carbonyl (C=O) groups is 1. The fourth-order valence-electron chi connectivity index (χ4n) is 3.47. The van der Waals surface area contributed by atoms with Crippen molar-refractivity contribution in [1.29, 1.82) is 0 Å². The molecule has 0 spiro atoms. The largest absolute Gasteiger partial charge is 0.497 e. The van der Waals surface area contributed by atoms with Gasteiger partial charge in [0.1, 0.15) is 15.5 Å². The second-order valence-electron chi connectivity index (χ2n) is 6.01. The summed E-state index contributed by atoms with van der Waals surface area (Å²) in [6, 6.07) is 7.77. The number of nitrogens with zero attached hydrogens (tertiary/aromatic N) is 4. The molecule has 1 aromatic carbocycles. The Morgan fingerprint density at radius 1 is 1.35 bits per heavy atom. The van der Waals surface area contributed by atoms with Crippen molar-refractivity contribution < 1.29 is 9.53 Å². The van der Waals surface area contributed by atoms with Crippen molar-refractivity contribution in [2.24, 2.45) is 5.11 Å². The predicted molar refractivity (Wildman–Crippen MR) is 102 cm³/mol. The number of aryl methyl sites for hydroxylation is 1. The fraction of sp³-hybridized carbons (Fsp3) is 0.222. The molecular formula is C18H15N5O2S. The molecule has 0 radical (unpaired) electrons. The van der Waals surface area contributed by atoms with E-state index >= 15 is 0 Å². The number of hydrogen-bond donors (Lipinski definition) is 1. The van der Waals surface area contributed by atoms with Crippen molar-refractivity contribution in [2.75, 3.05) is 12.8 Å². The molecular weight excluding hydrogens is 350 g/mol. The summed E-state index contributed by atoms with van der Waals surface area (Å²) in [5.74, 6) is 0.0991. The van der Waals surface area contributed by atoms with Gasteiger partial charge in [0.25, 0.3) is 5.91 Å². The summed E-state index contributed by atoms with van der Waals surface area (Å²) < 4.78 is 5.25. The topological polar surface area (TPSA) is 114 Å². The number of nitrogens with two attached hydrogens (primary N) is 1. The quantitative estimate of drug-likeness (QED) is 0.418. The Labute approximate surface area is 153 Å².